The molecule has 3 N–H and O–H groups in total. The lowest BCUT2D eigenvalue weighted by Gasteiger charge is -2.40. The van der Waals surface area contributed by atoms with E-state index in [0.717, 1.165) is 54.4 Å². The third-order valence-corrected chi connectivity index (χ3v) is 8.22. The molecule has 36 heavy (non-hydrogen) atoms. The Kier molecular flexibility index (Phi) is 7.38. The van der Waals surface area contributed by atoms with E-state index in [1.807, 2.05) is 35.3 Å². The Morgan fingerprint density at radius 3 is 2.64 bits per heavy atom. The van der Waals surface area contributed by atoms with Gasteiger partial charge in [0.1, 0.15) is 5.82 Å². The standard InChI is InChI=1S/C26H31N7O2S/c27-15-4-6-18-32(23-13-7-9-20-10-8-17-29-26(20)23)33(36(34,35)25-14-3-5-16-28-25)19-24-30-21-11-1-2-12-22(21)31-24/h1-3,5,8,10-12,14,16-17,23H,4,6-7,9,13,15,18-19,27H2,(H,30,31). The predicted molar refractivity (Wildman–Crippen MR) is 138 cm³/mol. The molecule has 3 heterocycles. The lowest BCUT2D eigenvalue weighted by Crippen LogP contribution is -2.49. The van der Waals surface area contributed by atoms with Crippen LogP contribution >= 0.6 is 0 Å². The van der Waals surface area contributed by atoms with E-state index < -0.39 is 10.0 Å². The number of aromatic amines is 1. The molecule has 10 heteroatoms. The van der Waals surface area contributed by atoms with Crippen molar-refractivity contribution in [3.8, 4) is 0 Å². The highest BCUT2D eigenvalue weighted by Crippen LogP contribution is 2.36. The van der Waals surface area contributed by atoms with Crippen LogP contribution in [0.5, 0.6) is 0 Å². The average Bonchev–Trinajstić information content (AvgIpc) is 3.33. The number of rotatable bonds is 10. The first-order valence-corrected chi connectivity index (χ1v) is 13.8. The van der Waals surface area contributed by atoms with E-state index in [1.54, 1.807) is 18.3 Å². The van der Waals surface area contributed by atoms with Crippen LogP contribution in [0, 0.1) is 0 Å². The maximum absolute atomic E-state index is 14.1. The van der Waals surface area contributed by atoms with E-state index in [2.05, 4.69) is 21.0 Å². The molecule has 1 aliphatic rings. The fourth-order valence-corrected chi connectivity index (χ4v) is 6.27. The molecule has 1 atom stereocenters. The second kappa shape index (κ2) is 10.8. The van der Waals surface area contributed by atoms with E-state index >= 15 is 0 Å². The number of aryl methyl sites for hydroxylation is 1. The molecule has 0 radical (unpaired) electrons. The Morgan fingerprint density at radius 2 is 1.83 bits per heavy atom. The summed E-state index contributed by atoms with van der Waals surface area (Å²) in [4.78, 5) is 16.9. The number of fused-ring (bicyclic) bond motifs is 2. The number of aromatic nitrogens is 4. The number of nitrogens with zero attached hydrogens (tertiary/aromatic N) is 5. The van der Waals surface area contributed by atoms with Crippen molar-refractivity contribution in [1.82, 2.24) is 29.4 Å². The minimum atomic E-state index is -4.00. The van der Waals surface area contributed by atoms with Gasteiger partial charge in [-0.1, -0.05) is 24.3 Å². The first kappa shape index (κ1) is 24.5. The number of hydrazine groups is 1. The van der Waals surface area contributed by atoms with Crippen LogP contribution in [0.4, 0.5) is 0 Å². The minimum absolute atomic E-state index is 0.00184. The third-order valence-electron chi connectivity index (χ3n) is 6.56. The number of H-pyrrole nitrogens is 1. The molecular weight excluding hydrogens is 474 g/mol. The lowest BCUT2D eigenvalue weighted by atomic mass is 9.91. The predicted octanol–water partition coefficient (Wildman–Crippen LogP) is 3.58. The Hall–Kier alpha value is -3.18. The van der Waals surface area contributed by atoms with Gasteiger partial charge in [-0.15, -0.1) is 4.41 Å². The maximum Gasteiger partial charge on any atom is 0.273 e. The summed E-state index contributed by atoms with van der Waals surface area (Å²) in [6.45, 7) is 1.11. The van der Waals surface area contributed by atoms with Crippen LogP contribution in [-0.4, -0.2) is 50.9 Å². The number of benzene rings is 1. The van der Waals surface area contributed by atoms with Crippen molar-refractivity contribution in [1.29, 1.82) is 0 Å². The van der Waals surface area contributed by atoms with E-state index in [0.29, 0.717) is 18.9 Å². The molecule has 188 valence electrons. The Morgan fingerprint density at radius 1 is 1.00 bits per heavy atom. The molecule has 0 saturated carbocycles. The van der Waals surface area contributed by atoms with Crippen LogP contribution in [0.25, 0.3) is 11.0 Å². The molecular formula is C26H31N7O2S. The zero-order valence-electron chi connectivity index (χ0n) is 20.1. The topological polar surface area (TPSA) is 121 Å². The second-order valence-corrected chi connectivity index (χ2v) is 10.8. The van der Waals surface area contributed by atoms with Gasteiger partial charge in [0.15, 0.2) is 5.03 Å². The second-order valence-electron chi connectivity index (χ2n) is 8.97. The van der Waals surface area contributed by atoms with Crippen molar-refractivity contribution in [3.63, 3.8) is 0 Å². The highest BCUT2D eigenvalue weighted by molar-refractivity contribution is 7.89. The van der Waals surface area contributed by atoms with Crippen molar-refractivity contribution in [2.45, 2.75) is 49.7 Å². The van der Waals surface area contributed by atoms with Crippen molar-refractivity contribution >= 4 is 21.1 Å². The molecule has 0 fully saturated rings. The van der Waals surface area contributed by atoms with Gasteiger partial charge in [0.05, 0.1) is 29.3 Å². The SMILES string of the molecule is NCCCCN(C1CCCc2cccnc21)N(Cc1nc2ccccc2[nH]1)S(=O)(=O)c1ccccn1. The van der Waals surface area contributed by atoms with E-state index in [1.165, 1.54) is 16.7 Å². The lowest BCUT2D eigenvalue weighted by molar-refractivity contribution is -0.00682. The zero-order chi connectivity index (χ0) is 25.0. The molecule has 5 rings (SSSR count). The van der Waals surface area contributed by atoms with Crippen molar-refractivity contribution < 1.29 is 8.42 Å². The summed E-state index contributed by atoms with van der Waals surface area (Å²) in [6, 6.07) is 16.5. The number of hydrogen-bond donors (Lipinski definition) is 2. The Labute approximate surface area is 211 Å². The number of nitrogens with two attached hydrogens (primary N) is 1. The summed E-state index contributed by atoms with van der Waals surface area (Å²) >= 11 is 0. The number of hydrogen-bond acceptors (Lipinski definition) is 7. The number of pyridine rings is 2. The number of unbranched alkanes of at least 4 members (excludes halogenated alkanes) is 1. The first-order chi connectivity index (χ1) is 17.6. The molecule has 9 nitrogen and oxygen atoms in total. The van der Waals surface area contributed by atoms with Crippen molar-refractivity contribution in [2.24, 2.45) is 5.73 Å². The highest BCUT2D eigenvalue weighted by Gasteiger charge is 2.38. The Balaban J connectivity index is 1.60. The van der Waals surface area contributed by atoms with Gasteiger partial charge in [-0.3, -0.25) is 4.98 Å². The first-order valence-electron chi connectivity index (χ1n) is 12.4. The average molecular weight is 506 g/mol. The number of para-hydroxylation sites is 2. The summed E-state index contributed by atoms with van der Waals surface area (Å²) in [5.74, 6) is 0.566. The van der Waals surface area contributed by atoms with Gasteiger partial charge in [0.25, 0.3) is 10.0 Å². The van der Waals surface area contributed by atoms with Crippen LogP contribution in [-0.2, 0) is 23.0 Å². The summed E-state index contributed by atoms with van der Waals surface area (Å²) in [5.41, 5.74) is 9.55. The van der Waals surface area contributed by atoms with E-state index in [-0.39, 0.29) is 17.6 Å². The minimum Gasteiger partial charge on any atom is -0.341 e. The van der Waals surface area contributed by atoms with Crippen LogP contribution in [0.15, 0.2) is 72.0 Å². The largest absolute Gasteiger partial charge is 0.341 e. The molecule has 3 aromatic heterocycles. The highest BCUT2D eigenvalue weighted by atomic mass is 32.2. The fraction of sp³-hybridized carbons (Fsp3) is 0.346. The fourth-order valence-electron chi connectivity index (χ4n) is 4.85. The molecule has 1 unspecified atom stereocenters. The van der Waals surface area contributed by atoms with Crippen molar-refractivity contribution in [2.75, 3.05) is 13.1 Å². The van der Waals surface area contributed by atoms with Crippen LogP contribution in [0.1, 0.15) is 48.8 Å². The van der Waals surface area contributed by atoms with Crippen LogP contribution in [0.3, 0.4) is 0 Å². The van der Waals surface area contributed by atoms with Gasteiger partial charge in [-0.2, -0.15) is 0 Å². The summed E-state index contributed by atoms with van der Waals surface area (Å²) in [6.07, 6.45) is 7.53. The van der Waals surface area contributed by atoms with Crippen LogP contribution in [0.2, 0.25) is 0 Å². The molecule has 0 amide bonds. The van der Waals surface area contributed by atoms with Gasteiger partial charge >= 0.3 is 0 Å². The molecule has 1 aromatic carbocycles. The van der Waals surface area contributed by atoms with Gasteiger partial charge in [-0.05, 0) is 74.5 Å². The number of nitrogens with one attached hydrogen (secondary N) is 1. The van der Waals surface area contributed by atoms with E-state index in [9.17, 15) is 8.42 Å². The monoisotopic (exact) mass is 505 g/mol. The zero-order valence-corrected chi connectivity index (χ0v) is 20.9. The van der Waals surface area contributed by atoms with Gasteiger partial charge in [-0.25, -0.2) is 23.4 Å². The van der Waals surface area contributed by atoms with Gasteiger partial charge in [0.2, 0.25) is 0 Å². The summed E-state index contributed by atoms with van der Waals surface area (Å²) < 4.78 is 29.7. The molecule has 1 aliphatic carbocycles. The molecule has 0 spiro atoms. The van der Waals surface area contributed by atoms with Crippen molar-refractivity contribution in [3.05, 3.63) is 84.1 Å². The Bertz CT molecular complexity index is 1380. The van der Waals surface area contributed by atoms with Gasteiger partial charge < -0.3 is 10.7 Å². The smallest absolute Gasteiger partial charge is 0.273 e. The quantitative estimate of drug-likeness (QED) is 0.250. The van der Waals surface area contributed by atoms with Crippen LogP contribution < -0.4 is 5.73 Å². The van der Waals surface area contributed by atoms with Gasteiger partial charge in [0, 0.05) is 18.9 Å². The summed E-state index contributed by atoms with van der Waals surface area (Å²) in [5, 5.41) is 1.96. The molecule has 0 aliphatic heterocycles. The molecule has 0 bridgehead atoms. The number of imidazole rings is 1. The number of sulfonamides is 1. The maximum atomic E-state index is 14.1. The molecule has 0 saturated heterocycles. The third kappa shape index (κ3) is 5.03. The normalized spacial score (nSPS) is 16.0. The summed E-state index contributed by atoms with van der Waals surface area (Å²) in [7, 11) is -4.00. The van der Waals surface area contributed by atoms with E-state index in [4.69, 9.17) is 10.7 Å². The molecule has 4 aromatic rings.